The third-order valence-corrected chi connectivity index (χ3v) is 1.71. The molecule has 1 aliphatic rings. The van der Waals surface area contributed by atoms with E-state index in [1.807, 2.05) is 6.92 Å². The number of hydrazine groups is 1. The van der Waals surface area contributed by atoms with Crippen LogP contribution in [0.15, 0.2) is 0 Å². The summed E-state index contributed by atoms with van der Waals surface area (Å²) in [6, 6.07) is 0.131. The van der Waals surface area contributed by atoms with E-state index in [0.29, 0.717) is 6.42 Å². The van der Waals surface area contributed by atoms with Crippen LogP contribution in [0.1, 0.15) is 19.8 Å². The van der Waals surface area contributed by atoms with Crippen LogP contribution in [-0.2, 0) is 9.59 Å². The number of aliphatic carboxylic acids is 1. The molecule has 68 valence electrons. The van der Waals surface area contributed by atoms with Gasteiger partial charge in [0.2, 0.25) is 5.91 Å². The first-order valence-corrected chi connectivity index (χ1v) is 3.88. The van der Waals surface area contributed by atoms with Crippen molar-refractivity contribution in [1.29, 1.82) is 0 Å². The zero-order valence-electron chi connectivity index (χ0n) is 6.91. The third kappa shape index (κ3) is 2.20. The average molecular weight is 172 g/mol. The number of nitrogens with one attached hydrogen (secondary N) is 1. The first-order chi connectivity index (χ1) is 5.59. The van der Waals surface area contributed by atoms with E-state index in [0.717, 1.165) is 0 Å². The number of nitrogens with zero attached hydrogens (tertiary/aromatic N) is 1. The van der Waals surface area contributed by atoms with Gasteiger partial charge in [0.25, 0.3) is 0 Å². The molecule has 0 saturated carbocycles. The maximum Gasteiger partial charge on any atom is 0.305 e. The molecule has 1 fully saturated rings. The number of carbonyl (C=O) groups excluding carboxylic acids is 1. The van der Waals surface area contributed by atoms with Crippen LogP contribution in [0.4, 0.5) is 0 Å². The van der Waals surface area contributed by atoms with Crippen LogP contribution in [0, 0.1) is 0 Å². The van der Waals surface area contributed by atoms with Crippen LogP contribution in [0.3, 0.4) is 0 Å². The van der Waals surface area contributed by atoms with Crippen LogP contribution in [0.5, 0.6) is 0 Å². The van der Waals surface area contributed by atoms with Gasteiger partial charge in [0, 0.05) is 19.0 Å². The second kappa shape index (κ2) is 3.53. The van der Waals surface area contributed by atoms with Gasteiger partial charge in [-0.1, -0.05) is 0 Å². The fourth-order valence-electron chi connectivity index (χ4n) is 1.15. The van der Waals surface area contributed by atoms with Gasteiger partial charge in [-0.25, -0.2) is 5.43 Å². The van der Waals surface area contributed by atoms with E-state index in [4.69, 9.17) is 5.11 Å². The molecule has 1 heterocycles. The van der Waals surface area contributed by atoms with E-state index in [-0.39, 0.29) is 24.9 Å². The van der Waals surface area contributed by atoms with Gasteiger partial charge >= 0.3 is 5.97 Å². The van der Waals surface area contributed by atoms with Gasteiger partial charge in [0.05, 0.1) is 6.42 Å². The van der Waals surface area contributed by atoms with Crippen molar-refractivity contribution in [2.24, 2.45) is 0 Å². The molecular weight excluding hydrogens is 160 g/mol. The van der Waals surface area contributed by atoms with E-state index < -0.39 is 5.97 Å². The smallest absolute Gasteiger partial charge is 0.305 e. The summed E-state index contributed by atoms with van der Waals surface area (Å²) < 4.78 is 0. The molecule has 5 nitrogen and oxygen atoms in total. The summed E-state index contributed by atoms with van der Waals surface area (Å²) in [6.07, 6.45) is 0.449. The van der Waals surface area contributed by atoms with Gasteiger partial charge < -0.3 is 5.11 Å². The molecule has 1 saturated heterocycles. The van der Waals surface area contributed by atoms with Crippen molar-refractivity contribution in [2.45, 2.75) is 25.8 Å². The Morgan fingerprint density at radius 1 is 1.83 bits per heavy atom. The molecule has 1 atom stereocenters. The lowest BCUT2D eigenvalue weighted by Crippen LogP contribution is -2.38. The zero-order valence-corrected chi connectivity index (χ0v) is 6.91. The van der Waals surface area contributed by atoms with E-state index >= 15 is 0 Å². The topological polar surface area (TPSA) is 69.6 Å². The monoisotopic (exact) mass is 172 g/mol. The summed E-state index contributed by atoms with van der Waals surface area (Å²) in [5, 5.41) is 9.73. The predicted molar refractivity (Wildman–Crippen MR) is 41.2 cm³/mol. The Morgan fingerprint density at radius 3 is 2.92 bits per heavy atom. The normalized spacial score (nSPS) is 23.2. The SMILES string of the molecule is CC1CC(=O)N(CCC(=O)O)N1. The van der Waals surface area contributed by atoms with Crippen LogP contribution in [0.25, 0.3) is 0 Å². The van der Waals surface area contributed by atoms with Crippen LogP contribution >= 0.6 is 0 Å². The molecule has 12 heavy (non-hydrogen) atoms. The highest BCUT2D eigenvalue weighted by atomic mass is 16.4. The highest BCUT2D eigenvalue weighted by Gasteiger charge is 2.25. The second-order valence-electron chi connectivity index (χ2n) is 2.92. The van der Waals surface area contributed by atoms with Crippen molar-refractivity contribution in [3.8, 4) is 0 Å². The second-order valence-corrected chi connectivity index (χ2v) is 2.92. The number of hydrogen-bond acceptors (Lipinski definition) is 3. The van der Waals surface area contributed by atoms with Gasteiger partial charge in [0.15, 0.2) is 0 Å². The Hall–Kier alpha value is -1.10. The molecule has 1 rings (SSSR count). The largest absolute Gasteiger partial charge is 0.481 e. The number of amides is 1. The van der Waals surface area contributed by atoms with Crippen LogP contribution < -0.4 is 5.43 Å². The molecule has 0 spiro atoms. The van der Waals surface area contributed by atoms with Gasteiger partial charge in [-0.3, -0.25) is 14.6 Å². The Bertz CT molecular complexity index is 205. The standard InChI is InChI=1S/C7H12N2O3/c1-5-4-6(10)9(8-5)3-2-7(11)12/h5,8H,2-4H2,1H3,(H,11,12). The predicted octanol–water partition coefficient (Wildman–Crippen LogP) is -0.414. The maximum absolute atomic E-state index is 11.1. The van der Waals surface area contributed by atoms with E-state index in [2.05, 4.69) is 5.43 Å². The Balaban J connectivity index is 2.33. The summed E-state index contributed by atoms with van der Waals surface area (Å²) in [5.41, 5.74) is 2.88. The quantitative estimate of drug-likeness (QED) is 0.607. The van der Waals surface area contributed by atoms with Crippen molar-refractivity contribution in [3.05, 3.63) is 0 Å². The fourth-order valence-corrected chi connectivity index (χ4v) is 1.15. The summed E-state index contributed by atoms with van der Waals surface area (Å²) in [4.78, 5) is 21.2. The van der Waals surface area contributed by atoms with Crippen molar-refractivity contribution in [3.63, 3.8) is 0 Å². The molecule has 0 aromatic carbocycles. The van der Waals surface area contributed by atoms with Gasteiger partial charge in [-0.2, -0.15) is 0 Å². The number of carbonyl (C=O) groups is 2. The molecule has 0 bridgehead atoms. The minimum atomic E-state index is -0.885. The molecule has 0 aromatic rings. The Kier molecular flexibility index (Phi) is 2.65. The summed E-state index contributed by atoms with van der Waals surface area (Å²) >= 11 is 0. The van der Waals surface area contributed by atoms with Crippen molar-refractivity contribution >= 4 is 11.9 Å². The van der Waals surface area contributed by atoms with Gasteiger partial charge in [-0.15, -0.1) is 0 Å². The highest BCUT2D eigenvalue weighted by Crippen LogP contribution is 2.06. The molecule has 0 aromatic heterocycles. The molecule has 1 amide bonds. The molecule has 2 N–H and O–H groups in total. The average Bonchev–Trinajstić information content (AvgIpc) is 2.26. The van der Waals surface area contributed by atoms with E-state index in [1.165, 1.54) is 5.01 Å². The van der Waals surface area contributed by atoms with Crippen LogP contribution in [-0.4, -0.2) is 34.6 Å². The first kappa shape index (κ1) is 8.99. The first-order valence-electron chi connectivity index (χ1n) is 3.88. The van der Waals surface area contributed by atoms with E-state index in [9.17, 15) is 9.59 Å². The molecule has 0 radical (unpaired) electrons. The van der Waals surface area contributed by atoms with Crippen LogP contribution in [0.2, 0.25) is 0 Å². The minimum absolute atomic E-state index is 0.00847. The van der Waals surface area contributed by atoms with Gasteiger partial charge in [-0.05, 0) is 6.92 Å². The lowest BCUT2D eigenvalue weighted by Gasteiger charge is -2.14. The molecular formula is C7H12N2O3. The summed E-state index contributed by atoms with van der Waals surface area (Å²) in [7, 11) is 0. The Labute approximate surface area is 70.3 Å². The number of carboxylic acids is 1. The van der Waals surface area contributed by atoms with E-state index in [1.54, 1.807) is 0 Å². The maximum atomic E-state index is 11.1. The van der Waals surface area contributed by atoms with Gasteiger partial charge in [0.1, 0.15) is 0 Å². The minimum Gasteiger partial charge on any atom is -0.481 e. The lowest BCUT2D eigenvalue weighted by molar-refractivity contribution is -0.138. The zero-order chi connectivity index (χ0) is 9.14. The molecule has 5 heteroatoms. The lowest BCUT2D eigenvalue weighted by atomic mass is 10.3. The number of hydrogen-bond donors (Lipinski definition) is 2. The third-order valence-electron chi connectivity index (χ3n) is 1.71. The molecule has 1 aliphatic heterocycles. The molecule has 1 unspecified atom stereocenters. The van der Waals surface area contributed by atoms with Crippen molar-refractivity contribution < 1.29 is 14.7 Å². The highest BCUT2D eigenvalue weighted by molar-refractivity contribution is 5.78. The van der Waals surface area contributed by atoms with Crippen molar-refractivity contribution in [1.82, 2.24) is 10.4 Å². The fraction of sp³-hybridized carbons (Fsp3) is 0.714. The Morgan fingerprint density at radius 2 is 2.50 bits per heavy atom. The summed E-state index contributed by atoms with van der Waals surface area (Å²) in [6.45, 7) is 2.14. The van der Waals surface area contributed by atoms with Crippen molar-refractivity contribution in [2.75, 3.05) is 6.54 Å². The summed E-state index contributed by atoms with van der Waals surface area (Å²) in [5.74, 6) is -0.909. The molecule has 0 aliphatic carbocycles. The number of rotatable bonds is 3. The number of carboxylic acid groups (broad SMARTS) is 1.